The predicted molar refractivity (Wildman–Crippen MR) is 142 cm³/mol. The molecule has 4 amide bonds. The molecule has 14 heteroatoms. The van der Waals surface area contributed by atoms with Crippen LogP contribution in [0.1, 0.15) is 53.9 Å². The lowest BCUT2D eigenvalue weighted by molar-refractivity contribution is -0.174. The van der Waals surface area contributed by atoms with Crippen LogP contribution < -0.4 is 20.7 Å². The molecular weight excluding hydrogens is 559 g/mol. The highest BCUT2D eigenvalue weighted by Gasteiger charge is 2.40. The molecule has 0 saturated carbocycles. The highest BCUT2D eigenvalue weighted by atomic mass is 19.4. The Bertz CT molecular complexity index is 1290. The lowest BCUT2D eigenvalue weighted by atomic mass is 10.0. The summed E-state index contributed by atoms with van der Waals surface area (Å²) in [6.07, 6.45) is -3.30. The summed E-state index contributed by atoms with van der Waals surface area (Å²) < 4.78 is 49.4. The quantitative estimate of drug-likeness (QED) is 0.402. The van der Waals surface area contributed by atoms with E-state index in [1.807, 2.05) is 12.2 Å². The third kappa shape index (κ3) is 8.10. The number of nitrogens with one attached hydrogen (secondary N) is 3. The number of benzene rings is 1. The molecule has 4 rings (SSSR count). The minimum absolute atomic E-state index is 0.0795. The normalized spacial score (nSPS) is 20.2. The van der Waals surface area contributed by atoms with E-state index in [2.05, 4.69) is 15.6 Å². The number of carbonyl (C=O) groups excluding carboxylic acids is 4. The zero-order chi connectivity index (χ0) is 30.4. The topological polar surface area (TPSA) is 139 Å². The van der Waals surface area contributed by atoms with Gasteiger partial charge in [-0.3, -0.25) is 14.4 Å². The Kier molecular flexibility index (Phi) is 9.53. The molecule has 3 heterocycles. The van der Waals surface area contributed by atoms with Gasteiger partial charge < -0.3 is 30.3 Å². The molecule has 0 radical (unpaired) electrons. The number of rotatable bonds is 8. The lowest BCUT2D eigenvalue weighted by Crippen LogP contribution is -2.53. The second kappa shape index (κ2) is 13.1. The number of amides is 4. The molecule has 4 atom stereocenters. The number of urea groups is 1. The van der Waals surface area contributed by atoms with Crippen LogP contribution in [0.25, 0.3) is 0 Å². The van der Waals surface area contributed by atoms with Crippen molar-refractivity contribution in [2.45, 2.75) is 63.5 Å². The fourth-order valence-electron chi connectivity index (χ4n) is 4.72. The largest absolute Gasteiger partial charge is 0.482 e. The van der Waals surface area contributed by atoms with Crippen molar-refractivity contribution in [1.29, 1.82) is 0 Å². The molecule has 2 aromatic rings. The van der Waals surface area contributed by atoms with Crippen LogP contribution in [0.2, 0.25) is 0 Å². The molecule has 2 aliphatic heterocycles. The summed E-state index contributed by atoms with van der Waals surface area (Å²) in [6.45, 7) is 4.18. The Morgan fingerprint density at radius 3 is 2.45 bits per heavy atom. The summed E-state index contributed by atoms with van der Waals surface area (Å²) in [6, 6.07) is 7.73. The zero-order valence-corrected chi connectivity index (χ0v) is 23.1. The van der Waals surface area contributed by atoms with Crippen LogP contribution in [0.5, 0.6) is 5.75 Å². The maximum absolute atomic E-state index is 12.9. The summed E-state index contributed by atoms with van der Waals surface area (Å²) in [4.78, 5) is 54.0. The first-order valence-electron chi connectivity index (χ1n) is 13.5. The predicted octanol–water partition coefficient (Wildman–Crippen LogP) is 2.80. The number of hydrogen-bond donors (Lipinski definition) is 3. The number of halogens is 3. The van der Waals surface area contributed by atoms with E-state index < -0.39 is 30.1 Å². The van der Waals surface area contributed by atoms with E-state index in [9.17, 15) is 32.3 Å². The Morgan fingerprint density at radius 2 is 1.83 bits per heavy atom. The van der Waals surface area contributed by atoms with Gasteiger partial charge in [-0.25, -0.2) is 9.78 Å². The standard InChI is InChI=1S/C28H32F3N5O6/c1-16-5-7-18(8-6-16)24(17(2)33-26(39)28(29,30)31)42-21-9-10-22(32-13-21)25(38)34-19-4-3-11-36(14-19)27(40)35-20-12-23(37)41-15-20/h5-10,13,17,19-20,24H,3-4,11-12,14-15H2,1-2H3,(H,33,39)(H,34,38)(H,35,40)/t17?,19-,20-,24?/m0/s1. The van der Waals surface area contributed by atoms with Crippen molar-refractivity contribution in [3.05, 3.63) is 59.4 Å². The second-order valence-corrected chi connectivity index (χ2v) is 10.4. The average Bonchev–Trinajstić information content (AvgIpc) is 3.36. The van der Waals surface area contributed by atoms with Gasteiger partial charge in [0, 0.05) is 19.1 Å². The number of cyclic esters (lactones) is 1. The first-order valence-corrected chi connectivity index (χ1v) is 13.5. The zero-order valence-electron chi connectivity index (χ0n) is 23.1. The van der Waals surface area contributed by atoms with Gasteiger partial charge in [-0.15, -0.1) is 0 Å². The summed E-state index contributed by atoms with van der Waals surface area (Å²) in [5, 5.41) is 7.57. The van der Waals surface area contributed by atoms with Crippen LogP contribution >= 0.6 is 0 Å². The summed E-state index contributed by atoms with van der Waals surface area (Å²) in [5.41, 5.74) is 1.55. The maximum Gasteiger partial charge on any atom is 0.471 e. The first-order chi connectivity index (χ1) is 19.9. The van der Waals surface area contributed by atoms with Gasteiger partial charge in [-0.1, -0.05) is 29.8 Å². The molecule has 0 bridgehead atoms. The van der Waals surface area contributed by atoms with Crippen LogP contribution in [-0.4, -0.2) is 77.7 Å². The van der Waals surface area contributed by atoms with Gasteiger partial charge in [0.15, 0.2) is 0 Å². The third-order valence-corrected chi connectivity index (χ3v) is 6.94. The fourth-order valence-corrected chi connectivity index (χ4v) is 4.72. The number of aromatic nitrogens is 1. The van der Waals surface area contributed by atoms with E-state index in [1.165, 1.54) is 25.3 Å². The molecule has 1 aromatic heterocycles. The van der Waals surface area contributed by atoms with E-state index in [4.69, 9.17) is 9.47 Å². The van der Waals surface area contributed by atoms with Crippen molar-refractivity contribution in [3.63, 3.8) is 0 Å². The van der Waals surface area contributed by atoms with Gasteiger partial charge in [-0.05, 0) is 44.4 Å². The summed E-state index contributed by atoms with van der Waals surface area (Å²) in [7, 11) is 0. The highest BCUT2D eigenvalue weighted by molar-refractivity contribution is 5.92. The number of pyridine rings is 1. The maximum atomic E-state index is 12.9. The van der Waals surface area contributed by atoms with Crippen molar-refractivity contribution < 1.29 is 41.8 Å². The first kappa shape index (κ1) is 30.6. The molecule has 11 nitrogen and oxygen atoms in total. The van der Waals surface area contributed by atoms with Crippen molar-refractivity contribution in [3.8, 4) is 5.75 Å². The molecule has 0 aliphatic carbocycles. The van der Waals surface area contributed by atoms with Crippen molar-refractivity contribution in [2.75, 3.05) is 19.7 Å². The molecule has 1 aromatic carbocycles. The summed E-state index contributed by atoms with van der Waals surface area (Å²) in [5.74, 6) is -2.73. The molecule has 2 saturated heterocycles. The molecule has 226 valence electrons. The highest BCUT2D eigenvalue weighted by Crippen LogP contribution is 2.26. The molecule has 2 fully saturated rings. The summed E-state index contributed by atoms with van der Waals surface area (Å²) >= 11 is 0. The molecule has 2 aliphatic rings. The van der Waals surface area contributed by atoms with Gasteiger partial charge in [0.2, 0.25) is 0 Å². The van der Waals surface area contributed by atoms with E-state index in [0.29, 0.717) is 24.9 Å². The van der Waals surface area contributed by atoms with Crippen LogP contribution in [0.15, 0.2) is 42.6 Å². The van der Waals surface area contributed by atoms with Gasteiger partial charge in [-0.2, -0.15) is 13.2 Å². The number of ether oxygens (including phenoxy) is 2. The molecule has 3 N–H and O–H groups in total. The number of likely N-dealkylation sites (tertiary alicyclic amines) is 1. The number of hydrogen-bond acceptors (Lipinski definition) is 7. The van der Waals surface area contributed by atoms with E-state index in [-0.39, 0.29) is 55.1 Å². The van der Waals surface area contributed by atoms with Gasteiger partial charge in [0.1, 0.15) is 24.2 Å². The van der Waals surface area contributed by atoms with Crippen LogP contribution in [0.3, 0.4) is 0 Å². The minimum Gasteiger partial charge on any atom is -0.482 e. The second-order valence-electron chi connectivity index (χ2n) is 10.4. The minimum atomic E-state index is -5.05. The van der Waals surface area contributed by atoms with Crippen molar-refractivity contribution >= 4 is 23.8 Å². The number of alkyl halides is 3. The smallest absolute Gasteiger partial charge is 0.471 e. The van der Waals surface area contributed by atoms with E-state index >= 15 is 0 Å². The number of esters is 1. The van der Waals surface area contributed by atoms with Crippen LogP contribution in [-0.2, 0) is 14.3 Å². The lowest BCUT2D eigenvalue weighted by Gasteiger charge is -2.33. The van der Waals surface area contributed by atoms with Crippen LogP contribution in [0.4, 0.5) is 18.0 Å². The average molecular weight is 592 g/mol. The van der Waals surface area contributed by atoms with Gasteiger partial charge >= 0.3 is 24.1 Å². The molecule has 2 unspecified atom stereocenters. The number of piperidine rings is 1. The Morgan fingerprint density at radius 1 is 1.10 bits per heavy atom. The van der Waals surface area contributed by atoms with E-state index in [0.717, 1.165) is 5.56 Å². The monoisotopic (exact) mass is 591 g/mol. The molecule has 42 heavy (non-hydrogen) atoms. The van der Waals surface area contributed by atoms with Crippen molar-refractivity contribution in [1.82, 2.24) is 25.8 Å². The van der Waals surface area contributed by atoms with Crippen LogP contribution in [0, 0.1) is 6.92 Å². The third-order valence-electron chi connectivity index (χ3n) is 6.94. The van der Waals surface area contributed by atoms with Gasteiger partial charge in [0.05, 0.1) is 24.7 Å². The Hall–Kier alpha value is -4.36. The Labute approximate surface area is 240 Å². The van der Waals surface area contributed by atoms with E-state index in [1.54, 1.807) is 29.2 Å². The fraction of sp³-hybridized carbons (Fsp3) is 0.464. The van der Waals surface area contributed by atoms with Crippen molar-refractivity contribution in [2.24, 2.45) is 0 Å². The Balaban J connectivity index is 1.36. The number of aryl methyl sites for hydroxylation is 1. The number of carbonyl (C=O) groups is 4. The molecule has 0 spiro atoms. The SMILES string of the molecule is Cc1ccc(C(Oc2ccc(C(=O)N[C@H]3CCCN(C(=O)N[C@@H]4COC(=O)C4)C3)nc2)C(C)NC(=O)C(F)(F)F)cc1. The van der Waals surface area contributed by atoms with Gasteiger partial charge in [0.25, 0.3) is 5.91 Å². The molecular formula is C28H32F3N5O6. The number of nitrogens with zero attached hydrogens (tertiary/aromatic N) is 2.